The Balaban J connectivity index is 2.55. The van der Waals surface area contributed by atoms with E-state index in [0.29, 0.717) is 0 Å². The van der Waals surface area contributed by atoms with Crippen LogP contribution in [0.1, 0.15) is 116 Å². The molecule has 0 atom stereocenters. The van der Waals surface area contributed by atoms with Gasteiger partial charge in [0.1, 0.15) is 0 Å². The van der Waals surface area contributed by atoms with Gasteiger partial charge in [0.05, 0.1) is 0 Å². The van der Waals surface area contributed by atoms with Crippen LogP contribution in [0.5, 0.6) is 11.5 Å². The highest BCUT2D eigenvalue weighted by Crippen LogP contribution is 2.42. The second-order valence-corrected chi connectivity index (χ2v) is 13.5. The first-order valence-corrected chi connectivity index (χ1v) is 11.9. The predicted octanol–water partition coefficient (Wildman–Crippen LogP) is 8.95. The standard InChI is InChI=1S/C30H44O2/c1-27(2,3)21-15-19(16-22(25(21)31)28(4,5)6)13-14-20-17-23(29(7,8)9)26(32)24(18-20)30(10,11)12/h15-18H,13-14H2,1-12H3. The number of hydrogen-bond donors (Lipinski definition) is 0. The molecule has 0 aliphatic rings. The van der Waals surface area contributed by atoms with E-state index in [1.165, 1.54) is 11.1 Å². The normalized spacial score (nSPS) is 13.5. The zero-order chi connectivity index (χ0) is 24.9. The fourth-order valence-corrected chi connectivity index (χ4v) is 4.18. The summed E-state index contributed by atoms with van der Waals surface area (Å²) < 4.78 is 0. The van der Waals surface area contributed by atoms with Gasteiger partial charge in [-0.25, -0.2) is 0 Å². The molecule has 2 heteroatoms. The number of benzene rings is 2. The van der Waals surface area contributed by atoms with E-state index in [9.17, 15) is 10.2 Å². The summed E-state index contributed by atoms with van der Waals surface area (Å²) in [6.45, 7) is 25.3. The Bertz CT molecular complexity index is 816. The average molecular weight is 437 g/mol. The summed E-state index contributed by atoms with van der Waals surface area (Å²) in [6, 6.07) is 8.42. The molecule has 176 valence electrons. The summed E-state index contributed by atoms with van der Waals surface area (Å²) in [6.07, 6.45) is 1.69. The second kappa shape index (κ2) is 8.43. The quantitative estimate of drug-likeness (QED) is 0.460. The minimum absolute atomic E-state index is 0.175. The average Bonchev–Trinajstić information content (AvgIpc) is 2.57. The first-order valence-electron chi connectivity index (χ1n) is 11.9. The zero-order valence-corrected chi connectivity index (χ0v) is 22.5. The second-order valence-electron chi connectivity index (χ2n) is 13.5. The summed E-state index contributed by atoms with van der Waals surface area (Å²) in [4.78, 5) is 0. The van der Waals surface area contributed by atoms with E-state index in [4.69, 9.17) is 0 Å². The van der Waals surface area contributed by atoms with E-state index in [0.717, 1.165) is 35.1 Å². The van der Waals surface area contributed by atoms with E-state index >= 15 is 0 Å². The van der Waals surface area contributed by atoms with Crippen molar-refractivity contribution in [2.24, 2.45) is 0 Å². The van der Waals surface area contributed by atoms with Crippen molar-refractivity contribution < 1.29 is 10.2 Å². The van der Waals surface area contributed by atoms with E-state index in [2.05, 4.69) is 107 Å². The molecule has 0 aliphatic carbocycles. The zero-order valence-electron chi connectivity index (χ0n) is 22.5. The van der Waals surface area contributed by atoms with E-state index in [1.54, 1.807) is 0 Å². The van der Waals surface area contributed by atoms with E-state index < -0.39 is 0 Å². The molecule has 0 N–H and O–H groups in total. The molecule has 0 spiro atoms. The fourth-order valence-electron chi connectivity index (χ4n) is 4.18. The molecule has 0 saturated carbocycles. The van der Waals surface area contributed by atoms with Crippen LogP contribution in [0.15, 0.2) is 24.3 Å². The van der Waals surface area contributed by atoms with Crippen LogP contribution in [-0.2, 0) is 44.7 Å². The molecule has 2 rings (SSSR count). The van der Waals surface area contributed by atoms with E-state index in [-0.39, 0.29) is 33.2 Å². The lowest BCUT2D eigenvalue weighted by Gasteiger charge is -2.28. The van der Waals surface area contributed by atoms with Crippen molar-refractivity contribution in [3.05, 3.63) is 57.6 Å². The molecule has 2 aromatic carbocycles. The summed E-state index contributed by atoms with van der Waals surface area (Å²) in [5, 5.41) is 26.4. The fraction of sp³-hybridized carbons (Fsp3) is 0.600. The summed E-state index contributed by atoms with van der Waals surface area (Å²) in [5.74, 6) is 0.351. The molecule has 0 aromatic heterocycles. The van der Waals surface area contributed by atoms with Crippen LogP contribution >= 0.6 is 0 Å². The first-order chi connectivity index (χ1) is 14.2. The topological polar surface area (TPSA) is 39.8 Å². The highest BCUT2D eigenvalue weighted by Gasteiger charge is 2.29. The molecule has 0 unspecified atom stereocenters. The van der Waals surface area contributed by atoms with Gasteiger partial charge in [-0.1, -0.05) is 107 Å². The van der Waals surface area contributed by atoms with Crippen LogP contribution in [0.3, 0.4) is 0 Å². The van der Waals surface area contributed by atoms with Gasteiger partial charge in [0.2, 0.25) is 0 Å². The maximum Gasteiger partial charge on any atom is 0.186 e. The molecule has 0 saturated heterocycles. The molecule has 0 heterocycles. The third-order valence-electron chi connectivity index (χ3n) is 6.23. The third-order valence-corrected chi connectivity index (χ3v) is 6.23. The van der Waals surface area contributed by atoms with Gasteiger partial charge in [-0.15, -0.1) is 0 Å². The molecule has 2 nitrogen and oxygen atoms in total. The van der Waals surface area contributed by atoms with Gasteiger partial charge in [0.25, 0.3) is 0 Å². The van der Waals surface area contributed by atoms with Crippen molar-refractivity contribution in [1.29, 1.82) is 0 Å². The Morgan fingerprint density at radius 3 is 0.781 bits per heavy atom. The van der Waals surface area contributed by atoms with Crippen LogP contribution in [0.2, 0.25) is 0 Å². The SMILES string of the molecule is CC(C)(C)c1cc(CCc2cc(C(C)(C)C)c([O])c(C(C)(C)C)c2)cc(C(C)(C)C)c1[O]. The van der Waals surface area contributed by atoms with Gasteiger partial charge in [0, 0.05) is 22.3 Å². The third kappa shape index (κ3) is 5.88. The van der Waals surface area contributed by atoms with Crippen LogP contribution in [0, 0.1) is 0 Å². The lowest BCUT2D eigenvalue weighted by atomic mass is 9.77. The Hall–Kier alpha value is -1.96. The van der Waals surface area contributed by atoms with Gasteiger partial charge in [-0.2, -0.15) is 0 Å². The van der Waals surface area contributed by atoms with Crippen molar-refractivity contribution in [1.82, 2.24) is 0 Å². The van der Waals surface area contributed by atoms with Gasteiger partial charge in [-0.3, -0.25) is 10.2 Å². The van der Waals surface area contributed by atoms with Gasteiger partial charge in [-0.05, 0) is 45.6 Å². The van der Waals surface area contributed by atoms with Crippen molar-refractivity contribution in [2.45, 2.75) is 118 Å². The largest absolute Gasteiger partial charge is 0.289 e. The van der Waals surface area contributed by atoms with Crippen LogP contribution in [0.4, 0.5) is 0 Å². The summed E-state index contributed by atoms with van der Waals surface area (Å²) >= 11 is 0. The Morgan fingerprint density at radius 2 is 0.625 bits per heavy atom. The lowest BCUT2D eigenvalue weighted by Crippen LogP contribution is -2.18. The van der Waals surface area contributed by atoms with E-state index in [1.807, 2.05) is 0 Å². The smallest absolute Gasteiger partial charge is 0.186 e. The van der Waals surface area contributed by atoms with Gasteiger partial charge in [0.15, 0.2) is 11.5 Å². The molecule has 0 fully saturated rings. The highest BCUT2D eigenvalue weighted by atomic mass is 16.3. The van der Waals surface area contributed by atoms with Crippen molar-refractivity contribution in [2.75, 3.05) is 0 Å². The molecule has 2 aromatic rings. The Morgan fingerprint density at radius 1 is 0.438 bits per heavy atom. The number of hydrogen-bond acceptors (Lipinski definition) is 0. The lowest BCUT2D eigenvalue weighted by molar-refractivity contribution is 0.326. The highest BCUT2D eigenvalue weighted by molar-refractivity contribution is 5.51. The van der Waals surface area contributed by atoms with Crippen LogP contribution in [0.25, 0.3) is 0 Å². The van der Waals surface area contributed by atoms with Crippen LogP contribution < -0.4 is 0 Å². The predicted molar refractivity (Wildman–Crippen MR) is 135 cm³/mol. The maximum absolute atomic E-state index is 13.2. The first kappa shape index (κ1) is 26.3. The summed E-state index contributed by atoms with van der Waals surface area (Å²) in [5.41, 5.74) is 5.15. The Labute approximate surface area is 197 Å². The monoisotopic (exact) mass is 436 g/mol. The molecular weight excluding hydrogens is 392 g/mol. The van der Waals surface area contributed by atoms with Gasteiger partial charge < -0.3 is 0 Å². The molecule has 0 amide bonds. The molecule has 0 bridgehead atoms. The molecule has 2 radical (unpaired) electrons. The number of rotatable bonds is 3. The van der Waals surface area contributed by atoms with Crippen molar-refractivity contribution in [3.8, 4) is 11.5 Å². The minimum atomic E-state index is -0.198. The number of aryl methyl sites for hydroxylation is 2. The van der Waals surface area contributed by atoms with Crippen molar-refractivity contribution in [3.63, 3.8) is 0 Å². The summed E-state index contributed by atoms with van der Waals surface area (Å²) in [7, 11) is 0. The molecule has 0 aliphatic heterocycles. The molecular formula is C30H44O2. The molecule has 32 heavy (non-hydrogen) atoms. The van der Waals surface area contributed by atoms with Crippen LogP contribution in [-0.4, -0.2) is 0 Å². The van der Waals surface area contributed by atoms with Crippen molar-refractivity contribution >= 4 is 0 Å². The van der Waals surface area contributed by atoms with Gasteiger partial charge >= 0.3 is 0 Å². The Kier molecular flexibility index (Phi) is 6.93. The minimum Gasteiger partial charge on any atom is -0.289 e. The maximum atomic E-state index is 13.2.